The average Bonchev–Trinajstić information content (AvgIpc) is 3.02. The van der Waals surface area contributed by atoms with E-state index in [0.717, 1.165) is 42.6 Å². The van der Waals surface area contributed by atoms with Crippen molar-refractivity contribution >= 4 is 22.7 Å². The van der Waals surface area contributed by atoms with Gasteiger partial charge in [-0.2, -0.15) is 0 Å². The van der Waals surface area contributed by atoms with Crippen molar-refractivity contribution in [1.82, 2.24) is 9.55 Å². The fourth-order valence-corrected chi connectivity index (χ4v) is 3.03. The summed E-state index contributed by atoms with van der Waals surface area (Å²) in [6.45, 7) is 3.59. The zero-order valence-electron chi connectivity index (χ0n) is 15.3. The van der Waals surface area contributed by atoms with Crippen LogP contribution in [0.5, 0.6) is 0 Å². The molecule has 0 saturated heterocycles. The third-order valence-electron chi connectivity index (χ3n) is 4.30. The number of aromatic nitrogens is 2. The van der Waals surface area contributed by atoms with Crippen LogP contribution in [-0.2, 0) is 18.3 Å². The maximum absolute atomic E-state index is 12.5. The van der Waals surface area contributed by atoms with Crippen molar-refractivity contribution in [3.05, 3.63) is 46.7 Å². The van der Waals surface area contributed by atoms with E-state index in [1.54, 1.807) is 30.1 Å². The molecule has 0 bridgehead atoms. The normalized spacial score (nSPS) is 11.0. The van der Waals surface area contributed by atoms with Crippen LogP contribution < -0.4 is 10.9 Å². The van der Waals surface area contributed by atoms with Crippen LogP contribution in [0.4, 0.5) is 5.82 Å². The number of carbonyl (C=O) groups excluding carboxylic acids is 1. The van der Waals surface area contributed by atoms with Crippen molar-refractivity contribution in [1.29, 1.82) is 0 Å². The Morgan fingerprint density at radius 1 is 1.31 bits per heavy atom. The Morgan fingerprint density at radius 3 is 2.85 bits per heavy atom. The Kier molecular flexibility index (Phi) is 5.21. The first-order valence-corrected chi connectivity index (χ1v) is 8.85. The van der Waals surface area contributed by atoms with Gasteiger partial charge in [0.05, 0.1) is 5.39 Å². The van der Waals surface area contributed by atoms with Gasteiger partial charge in [-0.05, 0) is 30.2 Å². The highest BCUT2D eigenvalue weighted by Crippen LogP contribution is 2.30. The van der Waals surface area contributed by atoms with Gasteiger partial charge < -0.3 is 14.3 Å². The lowest BCUT2D eigenvalue weighted by Crippen LogP contribution is -2.15. The molecule has 3 heterocycles. The molecule has 6 heteroatoms. The number of aryl methyl sites for hydroxylation is 2. The van der Waals surface area contributed by atoms with Gasteiger partial charge in [0.1, 0.15) is 17.2 Å². The molecule has 26 heavy (non-hydrogen) atoms. The lowest BCUT2D eigenvalue weighted by molar-refractivity contribution is -0.114. The zero-order chi connectivity index (χ0) is 18.7. The summed E-state index contributed by atoms with van der Waals surface area (Å²) in [6.07, 6.45) is 7.51. The summed E-state index contributed by atoms with van der Waals surface area (Å²) in [4.78, 5) is 27.9. The Balaban J connectivity index is 2.09. The molecule has 3 aromatic rings. The number of nitrogens with one attached hydrogen (secondary N) is 1. The smallest absolute Gasteiger partial charge is 0.261 e. The van der Waals surface area contributed by atoms with Gasteiger partial charge in [0.2, 0.25) is 5.91 Å². The number of rotatable bonds is 6. The van der Waals surface area contributed by atoms with E-state index >= 15 is 0 Å². The van der Waals surface area contributed by atoms with Gasteiger partial charge >= 0.3 is 0 Å². The summed E-state index contributed by atoms with van der Waals surface area (Å²) in [6, 6.07) is 5.47. The van der Waals surface area contributed by atoms with Crippen LogP contribution in [0.15, 0.2) is 39.8 Å². The van der Waals surface area contributed by atoms with Gasteiger partial charge in [-0.15, -0.1) is 0 Å². The third kappa shape index (κ3) is 3.69. The number of nitrogens with zero attached hydrogens (tertiary/aromatic N) is 2. The van der Waals surface area contributed by atoms with Gasteiger partial charge in [0.25, 0.3) is 5.56 Å². The SMILES string of the molecule is CCCCCc1cc2c(=O)n(C)cc(-c3ccnc(NC(C)=O)c3)c2o1. The van der Waals surface area contributed by atoms with Crippen molar-refractivity contribution in [3.63, 3.8) is 0 Å². The molecule has 1 N–H and O–H groups in total. The Labute approximate surface area is 151 Å². The summed E-state index contributed by atoms with van der Waals surface area (Å²) in [5.41, 5.74) is 2.14. The molecule has 0 radical (unpaired) electrons. The van der Waals surface area contributed by atoms with Gasteiger partial charge in [0, 0.05) is 38.3 Å². The minimum Gasteiger partial charge on any atom is -0.460 e. The van der Waals surface area contributed by atoms with Gasteiger partial charge in [-0.25, -0.2) is 4.98 Å². The van der Waals surface area contributed by atoms with Crippen molar-refractivity contribution < 1.29 is 9.21 Å². The molecule has 0 fully saturated rings. The molecule has 0 unspecified atom stereocenters. The molecule has 136 valence electrons. The highest BCUT2D eigenvalue weighted by molar-refractivity contribution is 5.93. The highest BCUT2D eigenvalue weighted by atomic mass is 16.3. The first kappa shape index (κ1) is 17.9. The van der Waals surface area contributed by atoms with Gasteiger partial charge in [0.15, 0.2) is 0 Å². The standard InChI is InChI=1S/C20H23N3O3/c1-4-5-6-7-15-11-16-19(26-15)17(12-23(3)20(16)25)14-8-9-21-18(10-14)22-13(2)24/h8-12H,4-7H2,1-3H3,(H,21,22,24). The highest BCUT2D eigenvalue weighted by Gasteiger charge is 2.15. The largest absolute Gasteiger partial charge is 0.460 e. The van der Waals surface area contributed by atoms with E-state index in [1.807, 2.05) is 12.1 Å². The van der Waals surface area contributed by atoms with Crippen molar-refractivity contribution in [2.45, 2.75) is 39.5 Å². The molecule has 0 aliphatic carbocycles. The second kappa shape index (κ2) is 7.56. The van der Waals surface area contributed by atoms with E-state index in [9.17, 15) is 9.59 Å². The van der Waals surface area contributed by atoms with Crippen LogP contribution >= 0.6 is 0 Å². The minimum atomic E-state index is -0.184. The topological polar surface area (TPSA) is 77.1 Å². The monoisotopic (exact) mass is 353 g/mol. The first-order valence-electron chi connectivity index (χ1n) is 8.85. The molecule has 3 rings (SSSR count). The zero-order valence-corrected chi connectivity index (χ0v) is 15.3. The Bertz CT molecular complexity index is 1000. The number of amides is 1. The molecular formula is C20H23N3O3. The van der Waals surface area contributed by atoms with Gasteiger partial charge in [-0.3, -0.25) is 9.59 Å². The molecule has 0 aromatic carbocycles. The van der Waals surface area contributed by atoms with E-state index in [0.29, 0.717) is 16.8 Å². The summed E-state index contributed by atoms with van der Waals surface area (Å²) >= 11 is 0. The molecule has 0 aliphatic heterocycles. The molecule has 0 saturated carbocycles. The van der Waals surface area contributed by atoms with Crippen LogP contribution in [0.25, 0.3) is 22.1 Å². The van der Waals surface area contributed by atoms with Crippen LogP contribution in [0.2, 0.25) is 0 Å². The lowest BCUT2D eigenvalue weighted by atomic mass is 10.1. The lowest BCUT2D eigenvalue weighted by Gasteiger charge is -2.07. The maximum atomic E-state index is 12.5. The van der Waals surface area contributed by atoms with Crippen molar-refractivity contribution in [2.24, 2.45) is 7.05 Å². The molecule has 6 nitrogen and oxygen atoms in total. The van der Waals surface area contributed by atoms with E-state index in [1.165, 1.54) is 6.92 Å². The van der Waals surface area contributed by atoms with E-state index in [-0.39, 0.29) is 11.5 Å². The second-order valence-corrected chi connectivity index (χ2v) is 6.48. The van der Waals surface area contributed by atoms with Crippen molar-refractivity contribution in [3.8, 4) is 11.1 Å². The minimum absolute atomic E-state index is 0.0783. The number of carbonyl (C=O) groups is 1. The molecular weight excluding hydrogens is 330 g/mol. The number of anilines is 1. The number of hydrogen-bond donors (Lipinski definition) is 1. The summed E-state index contributed by atoms with van der Waals surface area (Å²) < 4.78 is 7.59. The molecule has 3 aromatic heterocycles. The number of hydrogen-bond acceptors (Lipinski definition) is 4. The Morgan fingerprint density at radius 2 is 2.12 bits per heavy atom. The van der Waals surface area contributed by atoms with E-state index in [4.69, 9.17) is 4.42 Å². The quantitative estimate of drug-likeness (QED) is 0.682. The second-order valence-electron chi connectivity index (χ2n) is 6.48. The first-order chi connectivity index (χ1) is 12.5. The van der Waals surface area contributed by atoms with Gasteiger partial charge in [-0.1, -0.05) is 19.8 Å². The molecule has 0 atom stereocenters. The number of unbranched alkanes of at least 4 members (excludes halogenated alkanes) is 2. The fourth-order valence-electron chi connectivity index (χ4n) is 3.03. The maximum Gasteiger partial charge on any atom is 0.261 e. The summed E-state index contributed by atoms with van der Waals surface area (Å²) in [5.74, 6) is 1.11. The van der Waals surface area contributed by atoms with E-state index in [2.05, 4.69) is 17.2 Å². The van der Waals surface area contributed by atoms with Crippen LogP contribution in [0.3, 0.4) is 0 Å². The summed E-state index contributed by atoms with van der Waals surface area (Å²) in [5, 5.41) is 3.26. The Hall–Kier alpha value is -2.89. The van der Waals surface area contributed by atoms with E-state index < -0.39 is 0 Å². The predicted octanol–water partition coefficient (Wildman–Crippen LogP) is 3.88. The molecule has 0 spiro atoms. The number of pyridine rings is 2. The predicted molar refractivity (Wildman–Crippen MR) is 102 cm³/mol. The fraction of sp³-hybridized carbons (Fsp3) is 0.350. The van der Waals surface area contributed by atoms with Crippen LogP contribution in [-0.4, -0.2) is 15.5 Å². The summed E-state index contributed by atoms with van der Waals surface area (Å²) in [7, 11) is 1.73. The van der Waals surface area contributed by atoms with Crippen LogP contribution in [0, 0.1) is 0 Å². The van der Waals surface area contributed by atoms with Crippen LogP contribution in [0.1, 0.15) is 38.9 Å². The van der Waals surface area contributed by atoms with Crippen molar-refractivity contribution in [2.75, 3.05) is 5.32 Å². The molecule has 0 aliphatic rings. The number of fused-ring (bicyclic) bond motifs is 1. The number of furan rings is 1. The third-order valence-corrected chi connectivity index (χ3v) is 4.30. The molecule has 1 amide bonds. The average molecular weight is 353 g/mol.